The Bertz CT molecular complexity index is 715. The fourth-order valence-corrected chi connectivity index (χ4v) is 4.65. The largest absolute Gasteiger partial charge is 0.477 e. The molecule has 2 rings (SSSR count). The van der Waals surface area contributed by atoms with Crippen LogP contribution < -0.4 is 4.72 Å². The van der Waals surface area contributed by atoms with Crippen LogP contribution >= 0.6 is 11.3 Å². The first kappa shape index (κ1) is 14.8. The fourth-order valence-electron chi connectivity index (χ4n) is 1.80. The number of furan rings is 1. The summed E-state index contributed by atoms with van der Waals surface area (Å²) in [6.45, 7) is 3.19. The summed E-state index contributed by atoms with van der Waals surface area (Å²) in [5.74, 6) is -0.799. The fraction of sp³-hybridized carbons (Fsp3) is 0.250. The lowest BCUT2D eigenvalue weighted by Crippen LogP contribution is -2.28. The van der Waals surface area contributed by atoms with E-state index in [4.69, 9.17) is 9.52 Å². The van der Waals surface area contributed by atoms with E-state index < -0.39 is 22.0 Å². The molecule has 0 bridgehead atoms. The summed E-state index contributed by atoms with van der Waals surface area (Å²) in [6.07, 6.45) is 1.44. The second-order valence-electron chi connectivity index (χ2n) is 4.24. The number of carbonyl (C=O) groups is 1. The van der Waals surface area contributed by atoms with Gasteiger partial charge < -0.3 is 9.52 Å². The minimum atomic E-state index is -3.93. The maximum atomic E-state index is 12.3. The lowest BCUT2D eigenvalue weighted by atomic mass is 10.3. The maximum absolute atomic E-state index is 12.3. The number of carboxylic acids is 1. The maximum Gasteiger partial charge on any atom is 0.347 e. The molecule has 2 aromatic rings. The lowest BCUT2D eigenvalue weighted by molar-refractivity contribution is 0.0698. The van der Waals surface area contributed by atoms with Gasteiger partial charge in [-0.1, -0.05) is 0 Å². The van der Waals surface area contributed by atoms with Gasteiger partial charge in [0.1, 0.15) is 15.5 Å². The molecule has 20 heavy (non-hydrogen) atoms. The number of sulfonamides is 1. The molecule has 0 saturated heterocycles. The molecular formula is C12H13NO5S2. The van der Waals surface area contributed by atoms with Crippen molar-refractivity contribution in [2.24, 2.45) is 0 Å². The van der Waals surface area contributed by atoms with Crippen molar-refractivity contribution < 1.29 is 22.7 Å². The number of nitrogens with one attached hydrogen (secondary N) is 1. The molecule has 108 valence electrons. The van der Waals surface area contributed by atoms with Crippen molar-refractivity contribution in [3.05, 3.63) is 40.0 Å². The summed E-state index contributed by atoms with van der Waals surface area (Å²) in [5, 5.41) is 10.6. The SMILES string of the molecule is Cc1csc(C(=O)O)c1S(=O)(=O)N[C@@H](C)c1ccco1. The van der Waals surface area contributed by atoms with Crippen molar-refractivity contribution >= 4 is 27.3 Å². The third-order valence-electron chi connectivity index (χ3n) is 2.68. The van der Waals surface area contributed by atoms with Crippen molar-refractivity contribution in [2.75, 3.05) is 0 Å². The molecule has 2 heterocycles. The van der Waals surface area contributed by atoms with Gasteiger partial charge in [0, 0.05) is 0 Å². The highest BCUT2D eigenvalue weighted by Gasteiger charge is 2.28. The Morgan fingerprint density at radius 2 is 2.20 bits per heavy atom. The van der Waals surface area contributed by atoms with Gasteiger partial charge >= 0.3 is 5.97 Å². The minimum absolute atomic E-state index is 0.187. The van der Waals surface area contributed by atoms with E-state index in [1.807, 2.05) is 0 Å². The molecule has 0 radical (unpaired) electrons. The van der Waals surface area contributed by atoms with Crippen LogP contribution in [0.2, 0.25) is 0 Å². The molecular weight excluding hydrogens is 302 g/mol. The molecule has 0 aromatic carbocycles. The van der Waals surface area contributed by atoms with Crippen molar-refractivity contribution in [2.45, 2.75) is 24.8 Å². The van der Waals surface area contributed by atoms with Gasteiger partial charge in [-0.2, -0.15) is 0 Å². The summed E-state index contributed by atoms with van der Waals surface area (Å²) in [6, 6.07) is 2.71. The topological polar surface area (TPSA) is 96.6 Å². The Balaban J connectivity index is 2.36. The average molecular weight is 315 g/mol. The van der Waals surface area contributed by atoms with Gasteiger partial charge in [-0.25, -0.2) is 17.9 Å². The van der Waals surface area contributed by atoms with Crippen LogP contribution in [-0.2, 0) is 10.0 Å². The number of rotatable bonds is 5. The normalized spacial score (nSPS) is 13.3. The summed E-state index contributed by atoms with van der Waals surface area (Å²) in [5.41, 5.74) is 0.409. The van der Waals surface area contributed by atoms with Crippen LogP contribution in [-0.4, -0.2) is 19.5 Å². The Morgan fingerprint density at radius 1 is 1.50 bits per heavy atom. The van der Waals surface area contributed by atoms with Crippen molar-refractivity contribution in [3.8, 4) is 0 Å². The Labute approximate surface area is 120 Å². The molecule has 8 heteroatoms. The van der Waals surface area contributed by atoms with E-state index in [0.717, 1.165) is 11.3 Å². The number of hydrogen-bond acceptors (Lipinski definition) is 5. The van der Waals surface area contributed by atoms with Crippen LogP contribution in [0.5, 0.6) is 0 Å². The predicted octanol–water partition coefficient (Wildman–Crippen LogP) is 2.39. The molecule has 0 aliphatic rings. The van der Waals surface area contributed by atoms with Crippen LogP contribution in [0.15, 0.2) is 33.1 Å². The third-order valence-corrected chi connectivity index (χ3v) is 5.63. The summed E-state index contributed by atoms with van der Waals surface area (Å²) >= 11 is 0.894. The van der Waals surface area contributed by atoms with Gasteiger partial charge in [-0.3, -0.25) is 0 Å². The van der Waals surface area contributed by atoms with Gasteiger partial charge in [0.15, 0.2) is 0 Å². The summed E-state index contributed by atoms with van der Waals surface area (Å²) < 4.78 is 32.2. The summed E-state index contributed by atoms with van der Waals surface area (Å²) in [4.78, 5) is 10.7. The van der Waals surface area contributed by atoms with Crippen molar-refractivity contribution in [1.82, 2.24) is 4.72 Å². The van der Waals surface area contributed by atoms with Gasteiger partial charge in [-0.15, -0.1) is 11.3 Å². The molecule has 0 saturated carbocycles. The van der Waals surface area contributed by atoms with E-state index in [9.17, 15) is 13.2 Å². The molecule has 2 N–H and O–H groups in total. The first-order valence-electron chi connectivity index (χ1n) is 5.70. The zero-order valence-electron chi connectivity index (χ0n) is 10.8. The van der Waals surface area contributed by atoms with Gasteiger partial charge in [0.2, 0.25) is 10.0 Å². The van der Waals surface area contributed by atoms with E-state index in [1.165, 1.54) is 11.6 Å². The molecule has 6 nitrogen and oxygen atoms in total. The van der Waals surface area contributed by atoms with Gasteiger partial charge in [0.25, 0.3) is 0 Å². The molecule has 1 atom stereocenters. The minimum Gasteiger partial charge on any atom is -0.477 e. The van der Waals surface area contributed by atoms with Crippen LogP contribution in [0.4, 0.5) is 0 Å². The smallest absolute Gasteiger partial charge is 0.347 e. The van der Waals surface area contributed by atoms with E-state index >= 15 is 0 Å². The van der Waals surface area contributed by atoms with E-state index in [0.29, 0.717) is 11.3 Å². The lowest BCUT2D eigenvalue weighted by Gasteiger charge is -2.12. The van der Waals surface area contributed by atoms with Crippen molar-refractivity contribution in [1.29, 1.82) is 0 Å². The van der Waals surface area contributed by atoms with E-state index in [1.54, 1.807) is 26.0 Å². The third kappa shape index (κ3) is 2.77. The molecule has 0 aliphatic heterocycles. The molecule has 0 fully saturated rings. The van der Waals surface area contributed by atoms with E-state index in [-0.39, 0.29) is 9.77 Å². The average Bonchev–Trinajstić information content (AvgIpc) is 2.96. The monoisotopic (exact) mass is 315 g/mol. The van der Waals surface area contributed by atoms with Gasteiger partial charge in [-0.05, 0) is 36.9 Å². The zero-order chi connectivity index (χ0) is 14.9. The molecule has 0 spiro atoms. The second kappa shape index (κ2) is 5.39. The Kier molecular flexibility index (Phi) is 3.98. The number of carboxylic acid groups (broad SMARTS) is 1. The number of aryl methyl sites for hydroxylation is 1. The van der Waals surface area contributed by atoms with Crippen LogP contribution in [0.1, 0.15) is 34.0 Å². The van der Waals surface area contributed by atoms with Gasteiger partial charge in [0.05, 0.1) is 12.3 Å². The highest BCUT2D eigenvalue weighted by molar-refractivity contribution is 7.89. The molecule has 0 amide bonds. The Hall–Kier alpha value is -1.64. The predicted molar refractivity (Wildman–Crippen MR) is 73.5 cm³/mol. The Morgan fingerprint density at radius 3 is 2.75 bits per heavy atom. The van der Waals surface area contributed by atoms with Crippen molar-refractivity contribution in [3.63, 3.8) is 0 Å². The quantitative estimate of drug-likeness (QED) is 0.883. The highest BCUT2D eigenvalue weighted by atomic mass is 32.2. The number of aromatic carboxylic acids is 1. The van der Waals surface area contributed by atoms with Crippen LogP contribution in [0, 0.1) is 6.92 Å². The zero-order valence-corrected chi connectivity index (χ0v) is 12.4. The first-order valence-corrected chi connectivity index (χ1v) is 8.06. The van der Waals surface area contributed by atoms with Crippen LogP contribution in [0.25, 0.3) is 0 Å². The highest BCUT2D eigenvalue weighted by Crippen LogP contribution is 2.28. The van der Waals surface area contributed by atoms with E-state index in [2.05, 4.69) is 4.72 Å². The molecule has 0 aliphatic carbocycles. The summed E-state index contributed by atoms with van der Waals surface area (Å²) in [7, 11) is -3.93. The van der Waals surface area contributed by atoms with Crippen LogP contribution in [0.3, 0.4) is 0 Å². The number of hydrogen-bond donors (Lipinski definition) is 2. The number of thiophene rings is 1. The standard InChI is InChI=1S/C12H13NO5S2/c1-7-6-19-10(12(14)15)11(7)20(16,17)13-8(2)9-4-3-5-18-9/h3-6,8,13H,1-2H3,(H,14,15)/t8-/m0/s1. The molecule has 2 aromatic heterocycles. The molecule has 0 unspecified atom stereocenters. The second-order valence-corrected chi connectivity index (χ2v) is 6.77. The first-order chi connectivity index (χ1) is 9.33.